The maximum atomic E-state index is 13.3. The molecule has 2 aromatic carbocycles. The summed E-state index contributed by atoms with van der Waals surface area (Å²) in [5.74, 6) is -3.30. The van der Waals surface area contributed by atoms with E-state index in [1.54, 1.807) is 19.9 Å². The zero-order chi connectivity index (χ0) is 20.1. The van der Waals surface area contributed by atoms with Gasteiger partial charge in [0.2, 0.25) is 0 Å². The fraction of sp³-hybridized carbons (Fsp3) is 0.227. The first-order valence-corrected chi connectivity index (χ1v) is 8.93. The van der Waals surface area contributed by atoms with E-state index in [9.17, 15) is 29.7 Å². The maximum Gasteiger partial charge on any atom is 0.197 e. The molecule has 0 saturated heterocycles. The number of carbonyl (C=O) groups is 3. The third-order valence-corrected chi connectivity index (χ3v) is 6.01. The molecule has 3 aliphatic carbocycles. The average molecular weight is 376 g/mol. The number of hydrogen-bond donors (Lipinski definition) is 3. The van der Waals surface area contributed by atoms with Gasteiger partial charge in [-0.2, -0.15) is 0 Å². The summed E-state index contributed by atoms with van der Waals surface area (Å²) < 4.78 is 0. The molecule has 2 atom stereocenters. The fourth-order valence-corrected chi connectivity index (χ4v) is 4.93. The van der Waals surface area contributed by atoms with Crippen molar-refractivity contribution in [1.82, 2.24) is 0 Å². The first-order chi connectivity index (χ1) is 13.1. The summed E-state index contributed by atoms with van der Waals surface area (Å²) in [5, 5.41) is 32.2. The fourth-order valence-electron chi connectivity index (χ4n) is 4.93. The molecule has 0 saturated carbocycles. The number of aromatic hydroxyl groups is 2. The molecule has 0 amide bonds. The smallest absolute Gasteiger partial charge is 0.197 e. The Kier molecular flexibility index (Phi) is 3.00. The number of ketones is 3. The second-order valence-electron chi connectivity index (χ2n) is 7.84. The molecule has 0 heterocycles. The number of aliphatic hydroxyl groups is 1. The van der Waals surface area contributed by atoms with Crippen molar-refractivity contribution in [3.63, 3.8) is 0 Å². The van der Waals surface area contributed by atoms with E-state index in [1.165, 1.54) is 18.2 Å². The molecular formula is C22H16O6. The zero-order valence-electron chi connectivity index (χ0n) is 15.2. The molecule has 5 rings (SSSR count). The molecule has 140 valence electrons. The Bertz CT molecular complexity index is 1200. The van der Waals surface area contributed by atoms with Crippen molar-refractivity contribution in [1.29, 1.82) is 0 Å². The van der Waals surface area contributed by atoms with Gasteiger partial charge in [-0.15, -0.1) is 0 Å². The van der Waals surface area contributed by atoms with Crippen LogP contribution in [0.4, 0.5) is 0 Å². The Morgan fingerprint density at radius 2 is 1.50 bits per heavy atom. The average Bonchev–Trinajstić information content (AvgIpc) is 2.89. The molecule has 0 aromatic heterocycles. The molecule has 6 nitrogen and oxygen atoms in total. The number of phenols is 2. The molecule has 0 spiro atoms. The molecule has 0 unspecified atom stereocenters. The van der Waals surface area contributed by atoms with Gasteiger partial charge >= 0.3 is 0 Å². The number of aryl methyl sites for hydroxylation is 2. The third kappa shape index (κ3) is 1.78. The van der Waals surface area contributed by atoms with Crippen molar-refractivity contribution < 1.29 is 29.7 Å². The van der Waals surface area contributed by atoms with Crippen LogP contribution in [-0.4, -0.2) is 32.7 Å². The first-order valence-electron chi connectivity index (χ1n) is 8.93. The molecule has 2 bridgehead atoms. The molecule has 6 heteroatoms. The summed E-state index contributed by atoms with van der Waals surface area (Å²) in [6.07, 6.45) is -0.127. The highest BCUT2D eigenvalue weighted by Gasteiger charge is 2.60. The predicted molar refractivity (Wildman–Crippen MR) is 97.7 cm³/mol. The quantitative estimate of drug-likeness (QED) is 0.651. The largest absolute Gasteiger partial charge is 0.507 e. The van der Waals surface area contributed by atoms with Gasteiger partial charge in [0, 0.05) is 22.3 Å². The van der Waals surface area contributed by atoms with Crippen LogP contribution in [0.25, 0.3) is 0 Å². The Hall–Kier alpha value is -3.25. The monoisotopic (exact) mass is 376 g/mol. The summed E-state index contributed by atoms with van der Waals surface area (Å²) in [4.78, 5) is 39.6. The van der Waals surface area contributed by atoms with E-state index in [0.29, 0.717) is 11.1 Å². The van der Waals surface area contributed by atoms with Gasteiger partial charge in [0.05, 0.1) is 17.0 Å². The number of carbonyl (C=O) groups excluding carboxylic acids is 3. The molecule has 3 N–H and O–H groups in total. The van der Waals surface area contributed by atoms with Gasteiger partial charge in [-0.3, -0.25) is 14.4 Å². The topological polar surface area (TPSA) is 112 Å². The molecule has 2 aromatic rings. The van der Waals surface area contributed by atoms with Crippen LogP contribution < -0.4 is 0 Å². The molecule has 0 aliphatic heterocycles. The third-order valence-electron chi connectivity index (χ3n) is 6.01. The lowest BCUT2D eigenvalue weighted by atomic mass is 9.74. The zero-order valence-corrected chi connectivity index (χ0v) is 15.2. The van der Waals surface area contributed by atoms with Gasteiger partial charge in [0.15, 0.2) is 17.3 Å². The summed E-state index contributed by atoms with van der Waals surface area (Å²) in [6.45, 7) is 3.38. The van der Waals surface area contributed by atoms with E-state index in [0.717, 1.165) is 0 Å². The maximum absolute atomic E-state index is 13.3. The molecule has 28 heavy (non-hydrogen) atoms. The lowest BCUT2D eigenvalue weighted by Crippen LogP contribution is -2.36. The SMILES string of the molecule is Cc1cc(O)c2c(c1)C(=O)C1=C(C2=O)[C@]2(O)C[C@H]1C(=O)c1c(O)cc(C)cc12. The van der Waals surface area contributed by atoms with Crippen molar-refractivity contribution >= 4 is 17.3 Å². The number of rotatable bonds is 0. The van der Waals surface area contributed by atoms with E-state index in [4.69, 9.17) is 0 Å². The highest BCUT2D eigenvalue weighted by Crippen LogP contribution is 2.57. The van der Waals surface area contributed by atoms with Crippen molar-refractivity contribution in [2.45, 2.75) is 25.9 Å². The lowest BCUT2D eigenvalue weighted by Gasteiger charge is -2.33. The van der Waals surface area contributed by atoms with Gasteiger partial charge in [-0.05, 0) is 49.6 Å². The summed E-state index contributed by atoms with van der Waals surface area (Å²) in [7, 11) is 0. The minimum absolute atomic E-state index is 0.0248. The number of Topliss-reactive ketones (excluding diaryl/α,β-unsaturated/α-hetero) is 3. The van der Waals surface area contributed by atoms with Gasteiger partial charge in [-0.1, -0.05) is 6.07 Å². The first kappa shape index (κ1) is 16.9. The van der Waals surface area contributed by atoms with E-state index in [1.807, 2.05) is 0 Å². The van der Waals surface area contributed by atoms with Gasteiger partial charge in [0.1, 0.15) is 17.1 Å². The van der Waals surface area contributed by atoms with Crippen LogP contribution >= 0.6 is 0 Å². The van der Waals surface area contributed by atoms with Crippen molar-refractivity contribution in [3.8, 4) is 11.5 Å². The number of benzene rings is 2. The van der Waals surface area contributed by atoms with E-state index in [2.05, 4.69) is 0 Å². The lowest BCUT2D eigenvalue weighted by molar-refractivity contribution is 0.0485. The Morgan fingerprint density at radius 1 is 0.893 bits per heavy atom. The molecule has 3 aliphatic rings. The molecule has 0 fully saturated rings. The minimum atomic E-state index is -1.87. The molecule has 0 radical (unpaired) electrons. The highest BCUT2D eigenvalue weighted by atomic mass is 16.3. The van der Waals surface area contributed by atoms with Crippen molar-refractivity contribution in [2.75, 3.05) is 0 Å². The van der Waals surface area contributed by atoms with Crippen LogP contribution in [0, 0.1) is 19.8 Å². The van der Waals surface area contributed by atoms with E-state index < -0.39 is 28.9 Å². The number of fused-ring (bicyclic) bond motifs is 7. The Morgan fingerprint density at radius 3 is 2.18 bits per heavy atom. The van der Waals surface area contributed by atoms with Crippen LogP contribution in [-0.2, 0) is 5.60 Å². The minimum Gasteiger partial charge on any atom is -0.507 e. The van der Waals surface area contributed by atoms with Crippen molar-refractivity contribution in [3.05, 3.63) is 68.8 Å². The van der Waals surface area contributed by atoms with E-state index >= 15 is 0 Å². The normalized spacial score (nSPS) is 25.0. The van der Waals surface area contributed by atoms with Crippen LogP contribution in [0.1, 0.15) is 54.2 Å². The van der Waals surface area contributed by atoms with Crippen molar-refractivity contribution in [2.24, 2.45) is 5.92 Å². The summed E-state index contributed by atoms with van der Waals surface area (Å²) in [5.41, 5.74) is -0.877. The van der Waals surface area contributed by atoms with Crippen LogP contribution in [0.2, 0.25) is 0 Å². The van der Waals surface area contributed by atoms with Crippen LogP contribution in [0.15, 0.2) is 35.4 Å². The Balaban J connectivity index is 1.85. The summed E-state index contributed by atoms with van der Waals surface area (Å²) in [6, 6.07) is 5.86. The number of hydrogen-bond acceptors (Lipinski definition) is 6. The number of allylic oxidation sites excluding steroid dienone is 1. The summed E-state index contributed by atoms with van der Waals surface area (Å²) >= 11 is 0. The second-order valence-corrected chi connectivity index (χ2v) is 7.84. The standard InChI is InChI=1S/C22H16O6/c1-8-3-10-15(13(23)5-8)21(27)18-16(19(10)25)11-7-22(18,28)12-4-9(2)6-14(24)17(12)20(11)26/h3-6,11,23-24,28H,7H2,1-2H3/t11-,22+/m1/s1. The molecular weight excluding hydrogens is 360 g/mol. The second kappa shape index (κ2) is 4.97. The highest BCUT2D eigenvalue weighted by molar-refractivity contribution is 6.32. The van der Waals surface area contributed by atoms with Crippen LogP contribution in [0.5, 0.6) is 11.5 Å². The number of phenolic OH excluding ortho intramolecular Hbond substituents is 2. The van der Waals surface area contributed by atoms with Crippen LogP contribution in [0.3, 0.4) is 0 Å². The predicted octanol–water partition coefficient (Wildman–Crippen LogP) is 2.49. The van der Waals surface area contributed by atoms with Gasteiger partial charge in [-0.25, -0.2) is 0 Å². The Labute approximate surface area is 159 Å². The van der Waals surface area contributed by atoms with E-state index in [-0.39, 0.29) is 51.3 Å². The van der Waals surface area contributed by atoms with Gasteiger partial charge < -0.3 is 15.3 Å². The van der Waals surface area contributed by atoms with Gasteiger partial charge in [0.25, 0.3) is 0 Å².